The third-order valence-electron chi connectivity index (χ3n) is 3.27. The van der Waals surface area contributed by atoms with Gasteiger partial charge in [0.05, 0.1) is 18.0 Å². The van der Waals surface area contributed by atoms with Gasteiger partial charge in [-0.2, -0.15) is 0 Å². The van der Waals surface area contributed by atoms with Gasteiger partial charge >= 0.3 is 0 Å². The third kappa shape index (κ3) is 6.00. The molecule has 2 aromatic carbocycles. The van der Waals surface area contributed by atoms with E-state index in [0.29, 0.717) is 22.8 Å². The zero-order valence-corrected chi connectivity index (χ0v) is 14.7. The molecular weight excluding hydrogens is 366 g/mol. The van der Waals surface area contributed by atoms with Crippen LogP contribution in [0.25, 0.3) is 0 Å². The first kappa shape index (κ1) is 19.7. The lowest BCUT2D eigenvalue weighted by atomic mass is 10.2. The number of hydrogen-bond donors (Lipinski definition) is 2. The van der Waals surface area contributed by atoms with Gasteiger partial charge in [0.25, 0.3) is 0 Å². The molecule has 0 aliphatic carbocycles. The van der Waals surface area contributed by atoms with Gasteiger partial charge in [0, 0.05) is 24.4 Å². The van der Waals surface area contributed by atoms with Crippen molar-refractivity contribution < 1.29 is 23.1 Å². The molecular formula is C18H17ClF2N2O3. The number of ether oxygens (including phenoxy) is 1. The number of anilines is 2. The van der Waals surface area contributed by atoms with E-state index in [4.69, 9.17) is 16.3 Å². The maximum absolute atomic E-state index is 13.4. The van der Waals surface area contributed by atoms with E-state index in [0.717, 1.165) is 12.1 Å². The van der Waals surface area contributed by atoms with Crippen LogP contribution in [0.3, 0.4) is 0 Å². The van der Waals surface area contributed by atoms with Gasteiger partial charge < -0.3 is 15.4 Å². The first-order chi connectivity index (χ1) is 12.3. The number of nitrogens with one attached hydrogen (secondary N) is 2. The summed E-state index contributed by atoms with van der Waals surface area (Å²) in [5.41, 5.74) is 0.808. The van der Waals surface area contributed by atoms with Crippen molar-refractivity contribution in [3.8, 4) is 5.75 Å². The molecule has 2 N–H and O–H groups in total. The van der Waals surface area contributed by atoms with E-state index in [1.165, 1.54) is 19.1 Å². The summed E-state index contributed by atoms with van der Waals surface area (Å²) in [6.45, 7) is 1.44. The molecule has 0 aliphatic rings. The minimum absolute atomic E-state index is 0.0718. The average molecular weight is 383 g/mol. The Hall–Kier alpha value is -2.67. The van der Waals surface area contributed by atoms with Gasteiger partial charge in [-0.1, -0.05) is 11.6 Å². The van der Waals surface area contributed by atoms with Crippen molar-refractivity contribution in [2.75, 3.05) is 17.2 Å². The molecule has 0 aromatic heterocycles. The Kier molecular flexibility index (Phi) is 6.91. The summed E-state index contributed by atoms with van der Waals surface area (Å²) in [7, 11) is 0. The molecule has 0 fully saturated rings. The van der Waals surface area contributed by atoms with Gasteiger partial charge in [-0.15, -0.1) is 0 Å². The highest BCUT2D eigenvalue weighted by molar-refractivity contribution is 6.31. The molecule has 0 saturated heterocycles. The highest BCUT2D eigenvalue weighted by Gasteiger charge is 2.10. The minimum Gasteiger partial charge on any atom is -0.491 e. The van der Waals surface area contributed by atoms with E-state index in [9.17, 15) is 18.4 Å². The van der Waals surface area contributed by atoms with E-state index in [1.54, 1.807) is 12.1 Å². The lowest BCUT2D eigenvalue weighted by Gasteiger charge is -2.12. The van der Waals surface area contributed by atoms with Gasteiger partial charge in [0.2, 0.25) is 11.8 Å². The van der Waals surface area contributed by atoms with Crippen LogP contribution in [0.4, 0.5) is 20.2 Å². The molecule has 0 heterocycles. The maximum Gasteiger partial charge on any atom is 0.224 e. The molecule has 2 aromatic rings. The molecule has 138 valence electrons. The van der Waals surface area contributed by atoms with Crippen molar-refractivity contribution in [2.45, 2.75) is 19.8 Å². The Balaban J connectivity index is 1.84. The normalized spacial score (nSPS) is 10.3. The molecule has 0 spiro atoms. The highest BCUT2D eigenvalue weighted by atomic mass is 35.5. The Morgan fingerprint density at radius 1 is 1.08 bits per heavy atom. The SMILES string of the molecule is CC(=O)Nc1cc(Cl)ccc1NC(=O)CCCOc1ccc(F)cc1F. The number of carbonyl (C=O) groups excluding carboxylic acids is 2. The molecule has 2 rings (SSSR count). The van der Waals surface area contributed by atoms with E-state index >= 15 is 0 Å². The summed E-state index contributed by atoms with van der Waals surface area (Å²) in [5, 5.41) is 5.67. The average Bonchev–Trinajstić information content (AvgIpc) is 2.55. The van der Waals surface area contributed by atoms with Gasteiger partial charge in [-0.25, -0.2) is 8.78 Å². The summed E-state index contributed by atoms with van der Waals surface area (Å²) in [5.74, 6) is -2.15. The van der Waals surface area contributed by atoms with Crippen LogP contribution in [0, 0.1) is 11.6 Å². The number of benzene rings is 2. The fourth-order valence-electron chi connectivity index (χ4n) is 2.14. The number of halogens is 3. The quantitative estimate of drug-likeness (QED) is 0.698. The van der Waals surface area contributed by atoms with Gasteiger partial charge in [-0.05, 0) is 36.8 Å². The number of amides is 2. The van der Waals surface area contributed by atoms with Crippen LogP contribution in [0.2, 0.25) is 5.02 Å². The van der Waals surface area contributed by atoms with E-state index in [1.807, 2.05) is 0 Å². The fraction of sp³-hybridized carbons (Fsp3) is 0.222. The minimum atomic E-state index is -0.796. The molecule has 0 aliphatic heterocycles. The Bertz CT molecular complexity index is 815. The maximum atomic E-state index is 13.4. The third-order valence-corrected chi connectivity index (χ3v) is 3.50. The number of hydrogen-bond acceptors (Lipinski definition) is 3. The van der Waals surface area contributed by atoms with Crippen LogP contribution in [-0.2, 0) is 9.59 Å². The lowest BCUT2D eigenvalue weighted by molar-refractivity contribution is -0.116. The molecule has 8 heteroatoms. The van der Waals surface area contributed by atoms with E-state index in [-0.39, 0.29) is 30.6 Å². The van der Waals surface area contributed by atoms with E-state index < -0.39 is 11.6 Å². The summed E-state index contributed by atoms with van der Waals surface area (Å²) >= 11 is 5.89. The van der Waals surface area contributed by atoms with Crippen LogP contribution < -0.4 is 15.4 Å². The van der Waals surface area contributed by atoms with Crippen molar-refractivity contribution in [3.05, 3.63) is 53.1 Å². The van der Waals surface area contributed by atoms with Crippen molar-refractivity contribution in [3.63, 3.8) is 0 Å². The van der Waals surface area contributed by atoms with Crippen LogP contribution >= 0.6 is 11.6 Å². The molecule has 0 unspecified atom stereocenters. The largest absolute Gasteiger partial charge is 0.491 e. The highest BCUT2D eigenvalue weighted by Crippen LogP contribution is 2.26. The van der Waals surface area contributed by atoms with Gasteiger partial charge in [0.15, 0.2) is 11.6 Å². The molecule has 26 heavy (non-hydrogen) atoms. The Morgan fingerprint density at radius 3 is 2.54 bits per heavy atom. The second-order valence-corrected chi connectivity index (χ2v) is 5.88. The van der Waals surface area contributed by atoms with Crippen molar-refractivity contribution >= 4 is 34.8 Å². The topological polar surface area (TPSA) is 67.4 Å². The molecule has 2 amide bonds. The second kappa shape index (κ2) is 9.15. The number of rotatable bonds is 7. The lowest BCUT2D eigenvalue weighted by Crippen LogP contribution is -2.15. The van der Waals surface area contributed by atoms with Gasteiger partial charge in [0.1, 0.15) is 5.82 Å². The first-order valence-corrected chi connectivity index (χ1v) is 8.18. The zero-order chi connectivity index (χ0) is 19.1. The monoisotopic (exact) mass is 382 g/mol. The van der Waals surface area contributed by atoms with Crippen molar-refractivity contribution in [1.82, 2.24) is 0 Å². The predicted octanol–water partition coefficient (Wildman–Crippen LogP) is 4.37. The molecule has 0 radical (unpaired) electrons. The standard InChI is InChI=1S/C18H17ClF2N2O3/c1-11(24)22-16-9-12(19)4-6-15(16)23-18(25)3-2-8-26-17-7-5-13(20)10-14(17)21/h4-7,9-10H,2-3,8H2,1H3,(H,22,24)(H,23,25). The Morgan fingerprint density at radius 2 is 1.85 bits per heavy atom. The molecule has 5 nitrogen and oxygen atoms in total. The van der Waals surface area contributed by atoms with Crippen LogP contribution in [0.5, 0.6) is 5.75 Å². The zero-order valence-electron chi connectivity index (χ0n) is 13.9. The second-order valence-electron chi connectivity index (χ2n) is 5.45. The fourth-order valence-corrected chi connectivity index (χ4v) is 2.31. The van der Waals surface area contributed by atoms with Crippen molar-refractivity contribution in [2.24, 2.45) is 0 Å². The molecule has 0 bridgehead atoms. The van der Waals surface area contributed by atoms with E-state index in [2.05, 4.69) is 10.6 Å². The summed E-state index contributed by atoms with van der Waals surface area (Å²) in [4.78, 5) is 23.2. The van der Waals surface area contributed by atoms with Crippen LogP contribution in [0.15, 0.2) is 36.4 Å². The molecule has 0 saturated carbocycles. The summed E-state index contributed by atoms with van der Waals surface area (Å²) in [6, 6.07) is 7.71. The summed E-state index contributed by atoms with van der Waals surface area (Å²) in [6.07, 6.45) is 0.441. The first-order valence-electron chi connectivity index (χ1n) is 7.80. The smallest absolute Gasteiger partial charge is 0.224 e. The summed E-state index contributed by atoms with van der Waals surface area (Å²) < 4.78 is 31.4. The van der Waals surface area contributed by atoms with Crippen LogP contribution in [0.1, 0.15) is 19.8 Å². The van der Waals surface area contributed by atoms with Crippen LogP contribution in [-0.4, -0.2) is 18.4 Å². The van der Waals surface area contributed by atoms with Gasteiger partial charge in [-0.3, -0.25) is 9.59 Å². The molecule has 0 atom stereocenters. The Labute approximate surface area is 154 Å². The van der Waals surface area contributed by atoms with Crippen molar-refractivity contribution in [1.29, 1.82) is 0 Å². The predicted molar refractivity (Wildman–Crippen MR) is 95.5 cm³/mol. The number of carbonyl (C=O) groups is 2.